The summed E-state index contributed by atoms with van der Waals surface area (Å²) in [6.45, 7) is 1.61. The SMILES string of the molecule is CCS(=O)(=O)Nc1cc(-n2cccc2)cc(-n2cnc3cc(-c4cn(C)nn4)ccc32)c1. The number of sulfonamides is 1. The first-order valence-electron chi connectivity index (χ1n) is 10.0. The van der Waals surface area contributed by atoms with Crippen LogP contribution in [-0.2, 0) is 17.1 Å². The van der Waals surface area contributed by atoms with Crippen molar-refractivity contribution in [3.8, 4) is 22.6 Å². The largest absolute Gasteiger partial charge is 0.324 e. The highest BCUT2D eigenvalue weighted by Gasteiger charge is 2.13. The van der Waals surface area contributed by atoms with E-state index in [1.165, 1.54) is 0 Å². The van der Waals surface area contributed by atoms with Crippen LogP contribution in [0.25, 0.3) is 33.7 Å². The maximum Gasteiger partial charge on any atom is 0.232 e. The van der Waals surface area contributed by atoms with Crippen LogP contribution < -0.4 is 4.72 Å². The second-order valence-electron chi connectivity index (χ2n) is 7.43. The van der Waals surface area contributed by atoms with Crippen LogP contribution in [0.4, 0.5) is 5.69 Å². The van der Waals surface area contributed by atoms with Crippen LogP contribution in [-0.4, -0.2) is 43.3 Å². The summed E-state index contributed by atoms with van der Waals surface area (Å²) in [4.78, 5) is 4.56. The summed E-state index contributed by atoms with van der Waals surface area (Å²) in [5.41, 5.74) is 5.51. The number of nitrogens with one attached hydrogen (secondary N) is 1. The van der Waals surface area contributed by atoms with Gasteiger partial charge < -0.3 is 4.57 Å². The third kappa shape index (κ3) is 3.76. The summed E-state index contributed by atoms with van der Waals surface area (Å²) in [5, 5.41) is 8.15. The summed E-state index contributed by atoms with van der Waals surface area (Å²) in [5.74, 6) is -0.00472. The van der Waals surface area contributed by atoms with E-state index in [-0.39, 0.29) is 5.75 Å². The van der Waals surface area contributed by atoms with Gasteiger partial charge in [-0.3, -0.25) is 14.0 Å². The first-order chi connectivity index (χ1) is 15.4. The van der Waals surface area contributed by atoms with Gasteiger partial charge in [-0.1, -0.05) is 11.3 Å². The van der Waals surface area contributed by atoms with Crippen LogP contribution in [0, 0.1) is 0 Å². The smallest absolute Gasteiger partial charge is 0.232 e. The number of aryl methyl sites for hydroxylation is 1. The predicted octanol–water partition coefficient (Wildman–Crippen LogP) is 3.37. The molecule has 32 heavy (non-hydrogen) atoms. The summed E-state index contributed by atoms with van der Waals surface area (Å²) in [6.07, 6.45) is 7.41. The Morgan fingerprint density at radius 1 is 1.03 bits per heavy atom. The van der Waals surface area contributed by atoms with Crippen LogP contribution in [0.3, 0.4) is 0 Å². The van der Waals surface area contributed by atoms with Crippen molar-refractivity contribution in [1.82, 2.24) is 29.1 Å². The van der Waals surface area contributed by atoms with Crippen molar-refractivity contribution in [2.45, 2.75) is 6.92 Å². The van der Waals surface area contributed by atoms with Crippen LogP contribution in [0.1, 0.15) is 6.92 Å². The molecule has 10 heteroatoms. The first kappa shape index (κ1) is 20.0. The highest BCUT2D eigenvalue weighted by atomic mass is 32.2. The van der Waals surface area contributed by atoms with Gasteiger partial charge >= 0.3 is 0 Å². The predicted molar refractivity (Wildman–Crippen MR) is 123 cm³/mol. The number of rotatable bonds is 6. The van der Waals surface area contributed by atoms with Gasteiger partial charge in [0, 0.05) is 30.7 Å². The topological polar surface area (TPSA) is 99.6 Å². The molecule has 0 unspecified atom stereocenters. The third-order valence-corrected chi connectivity index (χ3v) is 6.49. The van der Waals surface area contributed by atoms with Gasteiger partial charge in [0.25, 0.3) is 0 Å². The number of aromatic nitrogens is 6. The fraction of sp³-hybridized carbons (Fsp3) is 0.136. The Balaban J connectivity index is 1.62. The lowest BCUT2D eigenvalue weighted by Gasteiger charge is -2.13. The molecule has 5 aromatic rings. The average Bonchev–Trinajstić information content (AvgIpc) is 3.53. The Morgan fingerprint density at radius 3 is 2.53 bits per heavy atom. The lowest BCUT2D eigenvalue weighted by Crippen LogP contribution is -2.15. The van der Waals surface area contributed by atoms with Crippen molar-refractivity contribution in [3.05, 3.63) is 73.4 Å². The Bertz CT molecular complexity index is 1520. The van der Waals surface area contributed by atoms with E-state index < -0.39 is 10.0 Å². The molecular weight excluding hydrogens is 426 g/mol. The van der Waals surface area contributed by atoms with E-state index in [1.807, 2.05) is 77.2 Å². The van der Waals surface area contributed by atoms with E-state index >= 15 is 0 Å². The number of anilines is 1. The Kier molecular flexibility index (Phi) is 4.78. The van der Waals surface area contributed by atoms with Crippen LogP contribution in [0.2, 0.25) is 0 Å². The fourth-order valence-corrected chi connectivity index (χ4v) is 4.18. The number of benzene rings is 2. The molecule has 3 heterocycles. The van der Waals surface area contributed by atoms with Gasteiger partial charge in [0.05, 0.1) is 34.4 Å². The van der Waals surface area contributed by atoms with Gasteiger partial charge in [-0.2, -0.15) is 0 Å². The van der Waals surface area contributed by atoms with Crippen molar-refractivity contribution in [3.63, 3.8) is 0 Å². The minimum atomic E-state index is -3.42. The lowest BCUT2D eigenvalue weighted by molar-refractivity contribution is 0.602. The van der Waals surface area contributed by atoms with Crippen LogP contribution >= 0.6 is 0 Å². The molecule has 0 saturated heterocycles. The Morgan fingerprint density at radius 2 is 1.81 bits per heavy atom. The maximum atomic E-state index is 12.2. The fourth-order valence-electron chi connectivity index (χ4n) is 3.56. The minimum Gasteiger partial charge on any atom is -0.324 e. The summed E-state index contributed by atoms with van der Waals surface area (Å²) >= 11 is 0. The van der Waals surface area contributed by atoms with Gasteiger partial charge in [0.15, 0.2) is 0 Å². The zero-order valence-corrected chi connectivity index (χ0v) is 18.4. The van der Waals surface area contributed by atoms with Crippen LogP contribution in [0.15, 0.2) is 73.4 Å². The molecular formula is C22H21N7O2S. The van der Waals surface area contributed by atoms with Gasteiger partial charge in [0.1, 0.15) is 12.0 Å². The number of fused-ring (bicyclic) bond motifs is 1. The highest BCUT2D eigenvalue weighted by Crippen LogP contribution is 2.27. The molecule has 0 spiro atoms. The van der Waals surface area contributed by atoms with Gasteiger partial charge in [-0.25, -0.2) is 13.4 Å². The molecule has 1 N–H and O–H groups in total. The third-order valence-electron chi connectivity index (χ3n) is 5.18. The second-order valence-corrected chi connectivity index (χ2v) is 9.44. The monoisotopic (exact) mass is 447 g/mol. The Hall–Kier alpha value is -3.92. The number of hydrogen-bond acceptors (Lipinski definition) is 5. The molecule has 0 radical (unpaired) electrons. The number of hydrogen-bond donors (Lipinski definition) is 1. The van der Waals surface area contributed by atoms with E-state index in [9.17, 15) is 8.42 Å². The molecule has 3 aromatic heterocycles. The molecule has 0 aliphatic rings. The quantitative estimate of drug-likeness (QED) is 0.430. The van der Waals surface area contributed by atoms with Crippen molar-refractivity contribution >= 4 is 26.7 Å². The van der Waals surface area contributed by atoms with Crippen molar-refractivity contribution in [1.29, 1.82) is 0 Å². The maximum absolute atomic E-state index is 12.2. The van der Waals surface area contributed by atoms with E-state index in [0.717, 1.165) is 33.7 Å². The average molecular weight is 448 g/mol. The first-order valence-corrected chi connectivity index (χ1v) is 11.7. The van der Waals surface area contributed by atoms with Gasteiger partial charge in [-0.05, 0) is 49.4 Å². The summed E-state index contributed by atoms with van der Waals surface area (Å²) in [6, 6.07) is 15.4. The van der Waals surface area contributed by atoms with Crippen molar-refractivity contribution in [2.24, 2.45) is 7.05 Å². The molecule has 0 aliphatic carbocycles. The molecule has 9 nitrogen and oxygen atoms in total. The van der Waals surface area contributed by atoms with Crippen molar-refractivity contribution < 1.29 is 8.42 Å². The standard InChI is InChI=1S/C22H21N7O2S/c1-3-32(30,31)25-17-11-18(28-8-4-5-9-28)13-19(12-17)29-15-23-20-10-16(6-7-22(20)29)21-14-27(2)26-24-21/h4-15,25H,3H2,1-2H3. The van der Waals surface area contributed by atoms with Crippen molar-refractivity contribution in [2.75, 3.05) is 10.5 Å². The van der Waals surface area contributed by atoms with Gasteiger partial charge in [-0.15, -0.1) is 5.10 Å². The van der Waals surface area contributed by atoms with E-state index in [4.69, 9.17) is 0 Å². The zero-order chi connectivity index (χ0) is 22.3. The molecule has 0 saturated carbocycles. The number of nitrogens with zero attached hydrogens (tertiary/aromatic N) is 6. The van der Waals surface area contributed by atoms with Crippen LogP contribution in [0.5, 0.6) is 0 Å². The zero-order valence-electron chi connectivity index (χ0n) is 17.5. The molecule has 162 valence electrons. The minimum absolute atomic E-state index is 0.00472. The van der Waals surface area contributed by atoms with E-state index in [0.29, 0.717) is 5.69 Å². The van der Waals surface area contributed by atoms with Gasteiger partial charge in [0.2, 0.25) is 10.0 Å². The summed E-state index contributed by atoms with van der Waals surface area (Å²) in [7, 11) is -1.59. The molecule has 0 aliphatic heterocycles. The highest BCUT2D eigenvalue weighted by molar-refractivity contribution is 7.92. The normalized spacial score (nSPS) is 11.8. The lowest BCUT2D eigenvalue weighted by atomic mass is 10.1. The molecule has 2 aromatic carbocycles. The number of imidazole rings is 1. The summed E-state index contributed by atoms with van der Waals surface area (Å²) < 4.78 is 32.6. The second kappa shape index (κ2) is 7.65. The Labute approximate surface area is 185 Å². The molecule has 5 rings (SSSR count). The molecule has 0 amide bonds. The van der Waals surface area contributed by atoms with E-state index in [1.54, 1.807) is 24.0 Å². The molecule has 0 bridgehead atoms. The van der Waals surface area contributed by atoms with E-state index in [2.05, 4.69) is 20.0 Å². The molecule has 0 fully saturated rings. The molecule has 0 atom stereocenters.